The van der Waals surface area contributed by atoms with Crippen molar-refractivity contribution in [2.24, 2.45) is 29.1 Å². The fourth-order valence-electron chi connectivity index (χ4n) is 6.01. The highest BCUT2D eigenvalue weighted by atomic mass is 16.5. The number of hydrogen-bond acceptors (Lipinski definition) is 4. The van der Waals surface area contributed by atoms with Gasteiger partial charge in [-0.05, 0) is 68.3 Å². The monoisotopic (exact) mass is 385 g/mol. The SMILES string of the molecule is COc1ccc(NC(=O)[C@H](NC(=O)C23CC4CC(CC(C4)C2)C3)C(C)C)cn1. The van der Waals surface area contributed by atoms with Gasteiger partial charge in [-0.1, -0.05) is 13.8 Å². The normalized spacial score (nSPS) is 31.5. The number of amides is 2. The lowest BCUT2D eigenvalue weighted by Gasteiger charge is -2.55. The van der Waals surface area contributed by atoms with Crippen LogP contribution in [0.5, 0.6) is 5.88 Å². The Kier molecular flexibility index (Phi) is 5.06. The van der Waals surface area contributed by atoms with E-state index in [0.29, 0.717) is 29.3 Å². The first-order valence-electron chi connectivity index (χ1n) is 10.5. The molecule has 2 amide bonds. The van der Waals surface area contributed by atoms with E-state index in [1.807, 2.05) is 13.8 Å². The zero-order valence-electron chi connectivity index (χ0n) is 17.0. The van der Waals surface area contributed by atoms with Crippen LogP contribution in [0.2, 0.25) is 0 Å². The topological polar surface area (TPSA) is 80.3 Å². The van der Waals surface area contributed by atoms with E-state index in [4.69, 9.17) is 4.74 Å². The largest absolute Gasteiger partial charge is 0.481 e. The lowest BCUT2D eigenvalue weighted by atomic mass is 9.49. The van der Waals surface area contributed by atoms with Crippen molar-refractivity contribution in [2.45, 2.75) is 58.4 Å². The molecule has 2 N–H and O–H groups in total. The summed E-state index contributed by atoms with van der Waals surface area (Å²) >= 11 is 0. The lowest BCUT2D eigenvalue weighted by molar-refractivity contribution is -0.148. The molecule has 152 valence electrons. The Labute approximate surface area is 166 Å². The van der Waals surface area contributed by atoms with Gasteiger partial charge >= 0.3 is 0 Å². The van der Waals surface area contributed by atoms with E-state index < -0.39 is 6.04 Å². The first-order valence-corrected chi connectivity index (χ1v) is 10.5. The third kappa shape index (κ3) is 3.61. The smallest absolute Gasteiger partial charge is 0.247 e. The molecule has 0 aliphatic heterocycles. The summed E-state index contributed by atoms with van der Waals surface area (Å²) in [6.07, 6.45) is 8.45. The molecule has 4 bridgehead atoms. The number of anilines is 1. The number of carbonyl (C=O) groups excluding carboxylic acids is 2. The summed E-state index contributed by atoms with van der Waals surface area (Å²) in [7, 11) is 1.55. The average Bonchev–Trinajstić information content (AvgIpc) is 2.65. The Morgan fingerprint density at radius 2 is 1.71 bits per heavy atom. The van der Waals surface area contributed by atoms with Crippen LogP contribution in [-0.4, -0.2) is 29.9 Å². The minimum absolute atomic E-state index is 0.00377. The molecule has 0 saturated heterocycles. The fraction of sp³-hybridized carbons (Fsp3) is 0.682. The van der Waals surface area contributed by atoms with Crippen LogP contribution < -0.4 is 15.4 Å². The minimum atomic E-state index is -0.553. The Balaban J connectivity index is 1.44. The molecule has 4 aliphatic rings. The number of ether oxygens (including phenoxy) is 1. The van der Waals surface area contributed by atoms with Gasteiger partial charge in [0.05, 0.1) is 19.0 Å². The molecule has 0 radical (unpaired) electrons. The van der Waals surface area contributed by atoms with Gasteiger partial charge in [0.15, 0.2) is 0 Å². The summed E-state index contributed by atoms with van der Waals surface area (Å²) in [6.45, 7) is 3.94. The van der Waals surface area contributed by atoms with E-state index in [2.05, 4.69) is 15.6 Å². The van der Waals surface area contributed by atoms with Crippen LogP contribution in [0.1, 0.15) is 52.4 Å². The predicted octanol–water partition coefficient (Wildman–Crippen LogP) is 3.39. The molecule has 6 heteroatoms. The van der Waals surface area contributed by atoms with Gasteiger partial charge < -0.3 is 15.4 Å². The highest BCUT2D eigenvalue weighted by Crippen LogP contribution is 2.60. The van der Waals surface area contributed by atoms with E-state index in [0.717, 1.165) is 19.3 Å². The second-order valence-electron chi connectivity index (χ2n) is 9.47. The van der Waals surface area contributed by atoms with E-state index in [-0.39, 0.29) is 23.1 Å². The Morgan fingerprint density at radius 3 is 2.18 bits per heavy atom. The lowest BCUT2D eigenvalue weighted by Crippen LogP contribution is -2.57. The van der Waals surface area contributed by atoms with E-state index in [1.165, 1.54) is 19.3 Å². The van der Waals surface area contributed by atoms with Crippen LogP contribution >= 0.6 is 0 Å². The van der Waals surface area contributed by atoms with Gasteiger partial charge in [0.2, 0.25) is 17.7 Å². The van der Waals surface area contributed by atoms with Crippen LogP contribution in [-0.2, 0) is 9.59 Å². The second kappa shape index (κ2) is 7.37. The molecule has 1 aromatic heterocycles. The molecule has 1 heterocycles. The number of hydrogen-bond donors (Lipinski definition) is 2. The maximum Gasteiger partial charge on any atom is 0.247 e. The van der Waals surface area contributed by atoms with Crippen molar-refractivity contribution >= 4 is 17.5 Å². The molecule has 4 aliphatic carbocycles. The van der Waals surface area contributed by atoms with E-state index >= 15 is 0 Å². The molecule has 1 aromatic rings. The summed E-state index contributed by atoms with van der Waals surface area (Å²) in [5.41, 5.74) is 0.351. The van der Waals surface area contributed by atoms with E-state index in [1.54, 1.807) is 25.4 Å². The predicted molar refractivity (Wildman–Crippen MR) is 107 cm³/mol. The van der Waals surface area contributed by atoms with E-state index in [9.17, 15) is 9.59 Å². The first-order chi connectivity index (χ1) is 13.4. The molecule has 4 fully saturated rings. The number of methoxy groups -OCH3 is 1. The summed E-state index contributed by atoms with van der Waals surface area (Å²) in [5.74, 6) is 2.50. The quantitative estimate of drug-likeness (QED) is 0.787. The maximum absolute atomic E-state index is 13.3. The molecule has 0 unspecified atom stereocenters. The van der Waals surface area contributed by atoms with Gasteiger partial charge in [0, 0.05) is 11.5 Å². The highest BCUT2D eigenvalue weighted by Gasteiger charge is 2.55. The summed E-state index contributed by atoms with van der Waals surface area (Å²) in [5, 5.41) is 6.00. The Hall–Kier alpha value is -2.11. The molecule has 6 nitrogen and oxygen atoms in total. The zero-order valence-corrected chi connectivity index (χ0v) is 17.0. The molecule has 0 aromatic carbocycles. The van der Waals surface area contributed by atoms with Crippen LogP contribution in [0, 0.1) is 29.1 Å². The molecule has 4 saturated carbocycles. The van der Waals surface area contributed by atoms with Gasteiger partial charge in [-0.2, -0.15) is 0 Å². The van der Waals surface area contributed by atoms with Crippen LogP contribution in [0.4, 0.5) is 5.69 Å². The highest BCUT2D eigenvalue weighted by molar-refractivity contribution is 5.98. The number of nitrogens with one attached hydrogen (secondary N) is 2. The van der Waals surface area contributed by atoms with Crippen LogP contribution in [0.15, 0.2) is 18.3 Å². The summed E-state index contributed by atoms with van der Waals surface area (Å²) < 4.78 is 5.05. The van der Waals surface area contributed by atoms with Crippen molar-refractivity contribution in [1.29, 1.82) is 0 Å². The molecule has 0 spiro atoms. The molecule has 28 heavy (non-hydrogen) atoms. The number of nitrogens with zero attached hydrogens (tertiary/aromatic N) is 1. The number of carbonyl (C=O) groups is 2. The number of pyridine rings is 1. The molecular weight excluding hydrogens is 354 g/mol. The maximum atomic E-state index is 13.3. The van der Waals surface area contributed by atoms with Crippen molar-refractivity contribution in [3.8, 4) is 5.88 Å². The fourth-order valence-corrected chi connectivity index (χ4v) is 6.01. The Morgan fingerprint density at radius 1 is 1.11 bits per heavy atom. The van der Waals surface area contributed by atoms with Gasteiger partial charge in [0.25, 0.3) is 0 Å². The van der Waals surface area contributed by atoms with Crippen molar-refractivity contribution in [1.82, 2.24) is 10.3 Å². The molecule has 1 atom stereocenters. The van der Waals surface area contributed by atoms with Crippen molar-refractivity contribution in [2.75, 3.05) is 12.4 Å². The van der Waals surface area contributed by atoms with Gasteiger partial charge in [0.1, 0.15) is 6.04 Å². The molecule has 5 rings (SSSR count). The average molecular weight is 386 g/mol. The number of aromatic nitrogens is 1. The summed E-state index contributed by atoms with van der Waals surface area (Å²) in [4.78, 5) is 30.3. The zero-order chi connectivity index (χ0) is 19.9. The Bertz CT molecular complexity index is 709. The van der Waals surface area contributed by atoms with Gasteiger partial charge in [-0.25, -0.2) is 4.98 Å². The van der Waals surface area contributed by atoms with Crippen molar-refractivity contribution < 1.29 is 14.3 Å². The molecular formula is C22H31N3O3. The standard InChI is InChI=1S/C22H31N3O3/c1-13(2)19(20(26)24-17-4-5-18(28-3)23-12-17)25-21(27)22-9-14-6-15(10-22)8-16(7-14)11-22/h4-5,12-16,19H,6-11H2,1-3H3,(H,24,26)(H,25,27)/t14?,15?,16?,19-,22?/m1/s1. The first kappa shape index (κ1) is 19.2. The minimum Gasteiger partial charge on any atom is -0.481 e. The third-order valence-electron chi connectivity index (χ3n) is 6.97. The van der Waals surface area contributed by atoms with Crippen molar-refractivity contribution in [3.63, 3.8) is 0 Å². The van der Waals surface area contributed by atoms with Gasteiger partial charge in [-0.15, -0.1) is 0 Å². The third-order valence-corrected chi connectivity index (χ3v) is 6.97. The van der Waals surface area contributed by atoms with Crippen LogP contribution in [0.25, 0.3) is 0 Å². The summed E-state index contributed by atoms with van der Waals surface area (Å²) in [6, 6.07) is 2.90. The second-order valence-corrected chi connectivity index (χ2v) is 9.47. The number of rotatable bonds is 6. The van der Waals surface area contributed by atoms with Crippen molar-refractivity contribution in [3.05, 3.63) is 18.3 Å². The van der Waals surface area contributed by atoms with Crippen LogP contribution in [0.3, 0.4) is 0 Å². The van der Waals surface area contributed by atoms with Gasteiger partial charge in [-0.3, -0.25) is 9.59 Å².